The van der Waals surface area contributed by atoms with Gasteiger partial charge in [0.1, 0.15) is 0 Å². The monoisotopic (exact) mass is 366 g/mol. The van der Waals surface area contributed by atoms with Crippen molar-refractivity contribution in [2.45, 2.75) is 24.1 Å². The van der Waals surface area contributed by atoms with Crippen molar-refractivity contribution in [2.24, 2.45) is 0 Å². The highest BCUT2D eigenvalue weighted by molar-refractivity contribution is 8.00. The molecule has 0 radical (unpaired) electrons. The van der Waals surface area contributed by atoms with Gasteiger partial charge in [-0.1, -0.05) is 30.0 Å². The van der Waals surface area contributed by atoms with E-state index in [1.807, 2.05) is 44.2 Å². The van der Waals surface area contributed by atoms with Gasteiger partial charge in [-0.25, -0.2) is 9.78 Å². The minimum absolute atomic E-state index is 0.161. The number of benzene rings is 2. The third-order valence-electron chi connectivity index (χ3n) is 3.97. The number of aryl methyl sites for hydroxylation is 1. The highest BCUT2D eigenvalue weighted by Gasteiger charge is 2.16. The first-order valence-electron chi connectivity index (χ1n) is 8.11. The van der Waals surface area contributed by atoms with E-state index >= 15 is 0 Å². The van der Waals surface area contributed by atoms with Crippen molar-refractivity contribution in [2.75, 3.05) is 5.32 Å². The number of aromatic nitrogens is 1. The third-order valence-corrected chi connectivity index (χ3v) is 4.98. The van der Waals surface area contributed by atoms with Gasteiger partial charge >= 0.3 is 5.97 Å². The van der Waals surface area contributed by atoms with E-state index in [1.165, 1.54) is 23.9 Å². The summed E-state index contributed by atoms with van der Waals surface area (Å²) in [6.07, 6.45) is 0. The summed E-state index contributed by atoms with van der Waals surface area (Å²) in [7, 11) is 0. The second kappa shape index (κ2) is 7.58. The van der Waals surface area contributed by atoms with E-state index < -0.39 is 5.97 Å². The Labute approximate surface area is 155 Å². The van der Waals surface area contributed by atoms with Crippen LogP contribution in [-0.4, -0.2) is 27.2 Å². The Balaban J connectivity index is 1.70. The maximum atomic E-state index is 12.4. The van der Waals surface area contributed by atoms with Crippen molar-refractivity contribution >= 4 is 40.2 Å². The second-order valence-electron chi connectivity index (χ2n) is 5.93. The predicted octanol–water partition coefficient (Wildman–Crippen LogP) is 4.36. The molecule has 0 aliphatic rings. The number of carbonyl (C=O) groups is 2. The number of carboxylic acids is 1. The number of thioether (sulfide) groups is 1. The average molecular weight is 366 g/mol. The summed E-state index contributed by atoms with van der Waals surface area (Å²) in [4.78, 5) is 27.9. The summed E-state index contributed by atoms with van der Waals surface area (Å²) in [5.74, 6) is -1.16. The molecule has 0 bridgehead atoms. The maximum absolute atomic E-state index is 12.4. The number of nitrogens with one attached hydrogen (secondary N) is 1. The van der Waals surface area contributed by atoms with Gasteiger partial charge in [-0.15, -0.1) is 0 Å². The first kappa shape index (κ1) is 17.9. The fraction of sp³-hybridized carbons (Fsp3) is 0.150. The predicted molar refractivity (Wildman–Crippen MR) is 104 cm³/mol. The lowest BCUT2D eigenvalue weighted by molar-refractivity contribution is -0.115. The fourth-order valence-corrected chi connectivity index (χ4v) is 3.48. The van der Waals surface area contributed by atoms with Gasteiger partial charge in [0, 0.05) is 11.1 Å². The molecular weight excluding hydrogens is 348 g/mol. The third kappa shape index (κ3) is 4.03. The van der Waals surface area contributed by atoms with E-state index in [9.17, 15) is 9.59 Å². The minimum atomic E-state index is -0.996. The standard InChI is InChI=1S/C20H18N2O3S/c1-12-11-18(22-17-6-4-3-5-16(12)17)26-13(2)19(23)21-15-9-7-14(8-10-15)20(24)25/h3-11,13H,1-2H3,(H,21,23)(H,24,25). The zero-order valence-corrected chi connectivity index (χ0v) is 15.2. The quantitative estimate of drug-likeness (QED) is 0.656. The highest BCUT2D eigenvalue weighted by Crippen LogP contribution is 2.27. The zero-order chi connectivity index (χ0) is 18.7. The zero-order valence-electron chi connectivity index (χ0n) is 14.4. The van der Waals surface area contributed by atoms with Crippen molar-refractivity contribution in [3.63, 3.8) is 0 Å². The molecular formula is C20H18N2O3S. The Morgan fingerprint density at radius 1 is 1.12 bits per heavy atom. The van der Waals surface area contributed by atoms with E-state index in [4.69, 9.17) is 5.11 Å². The Hall–Kier alpha value is -2.86. The van der Waals surface area contributed by atoms with Crippen LogP contribution < -0.4 is 5.32 Å². The minimum Gasteiger partial charge on any atom is -0.478 e. The first-order valence-corrected chi connectivity index (χ1v) is 8.99. The number of carboxylic acid groups (broad SMARTS) is 1. The van der Waals surface area contributed by atoms with E-state index in [1.54, 1.807) is 12.1 Å². The average Bonchev–Trinajstić information content (AvgIpc) is 2.62. The van der Waals surface area contributed by atoms with Gasteiger partial charge in [0.25, 0.3) is 0 Å². The summed E-state index contributed by atoms with van der Waals surface area (Å²) in [6, 6.07) is 16.0. The molecule has 1 unspecified atom stereocenters. The van der Waals surface area contributed by atoms with Crippen molar-refractivity contribution in [1.82, 2.24) is 4.98 Å². The lowest BCUT2D eigenvalue weighted by Gasteiger charge is -2.13. The number of nitrogens with zero attached hydrogens (tertiary/aromatic N) is 1. The van der Waals surface area contributed by atoms with E-state index in [2.05, 4.69) is 10.3 Å². The first-order chi connectivity index (χ1) is 12.4. The smallest absolute Gasteiger partial charge is 0.335 e. The van der Waals surface area contributed by atoms with Gasteiger partial charge in [-0.2, -0.15) is 0 Å². The van der Waals surface area contributed by atoms with Crippen LogP contribution in [0, 0.1) is 6.92 Å². The Morgan fingerprint density at radius 3 is 2.50 bits per heavy atom. The van der Waals surface area contributed by atoms with Crippen molar-refractivity contribution in [1.29, 1.82) is 0 Å². The molecule has 3 rings (SSSR count). The summed E-state index contributed by atoms with van der Waals surface area (Å²) in [5.41, 5.74) is 2.78. The topological polar surface area (TPSA) is 79.3 Å². The molecule has 0 aliphatic carbocycles. The molecule has 132 valence electrons. The van der Waals surface area contributed by atoms with Gasteiger partial charge in [0.05, 0.1) is 21.4 Å². The summed E-state index contributed by atoms with van der Waals surface area (Å²) < 4.78 is 0. The Bertz CT molecular complexity index is 970. The molecule has 1 amide bonds. The van der Waals surface area contributed by atoms with Crippen LogP contribution in [0.15, 0.2) is 59.6 Å². The number of pyridine rings is 1. The summed E-state index contributed by atoms with van der Waals surface area (Å²) in [6.45, 7) is 3.85. The molecule has 3 aromatic rings. The number of hydrogen-bond donors (Lipinski definition) is 2. The van der Waals surface area contributed by atoms with Crippen molar-refractivity contribution < 1.29 is 14.7 Å². The number of fused-ring (bicyclic) bond motifs is 1. The number of rotatable bonds is 5. The number of carbonyl (C=O) groups excluding carboxylic acids is 1. The van der Waals surface area contributed by atoms with Crippen LogP contribution in [0.25, 0.3) is 10.9 Å². The lowest BCUT2D eigenvalue weighted by Crippen LogP contribution is -2.22. The van der Waals surface area contributed by atoms with E-state index in [-0.39, 0.29) is 16.7 Å². The Kier molecular flexibility index (Phi) is 5.23. The molecule has 1 atom stereocenters. The molecule has 26 heavy (non-hydrogen) atoms. The van der Waals surface area contributed by atoms with Gasteiger partial charge in [0.15, 0.2) is 0 Å². The SMILES string of the molecule is Cc1cc(SC(C)C(=O)Nc2ccc(C(=O)O)cc2)nc2ccccc12. The van der Waals surface area contributed by atoms with Crippen LogP contribution in [0.1, 0.15) is 22.8 Å². The molecule has 2 N–H and O–H groups in total. The Morgan fingerprint density at radius 2 is 1.81 bits per heavy atom. The van der Waals surface area contributed by atoms with Crippen LogP contribution in [0.5, 0.6) is 0 Å². The molecule has 0 spiro atoms. The lowest BCUT2D eigenvalue weighted by atomic mass is 10.1. The molecule has 5 nitrogen and oxygen atoms in total. The molecule has 1 heterocycles. The van der Waals surface area contributed by atoms with Crippen molar-refractivity contribution in [3.8, 4) is 0 Å². The molecule has 0 fully saturated rings. The molecule has 1 aromatic heterocycles. The number of aromatic carboxylic acids is 1. The second-order valence-corrected chi connectivity index (χ2v) is 7.29. The maximum Gasteiger partial charge on any atom is 0.335 e. The fourth-order valence-electron chi connectivity index (χ4n) is 2.55. The van der Waals surface area contributed by atoms with Gasteiger partial charge < -0.3 is 10.4 Å². The van der Waals surface area contributed by atoms with Crippen LogP contribution >= 0.6 is 11.8 Å². The van der Waals surface area contributed by atoms with Crippen LogP contribution in [-0.2, 0) is 4.79 Å². The van der Waals surface area contributed by atoms with Crippen molar-refractivity contribution in [3.05, 3.63) is 65.7 Å². The normalized spacial score (nSPS) is 11.9. The molecule has 6 heteroatoms. The number of amides is 1. The van der Waals surface area contributed by atoms with Gasteiger partial charge in [0.2, 0.25) is 5.91 Å². The molecule has 0 saturated heterocycles. The number of hydrogen-bond acceptors (Lipinski definition) is 4. The molecule has 0 saturated carbocycles. The van der Waals surface area contributed by atoms with Gasteiger partial charge in [-0.05, 0) is 55.8 Å². The van der Waals surface area contributed by atoms with E-state index in [0.717, 1.165) is 21.5 Å². The molecule has 2 aromatic carbocycles. The number of para-hydroxylation sites is 1. The molecule has 0 aliphatic heterocycles. The van der Waals surface area contributed by atoms with E-state index in [0.29, 0.717) is 5.69 Å². The van der Waals surface area contributed by atoms with Crippen LogP contribution in [0.3, 0.4) is 0 Å². The highest BCUT2D eigenvalue weighted by atomic mass is 32.2. The summed E-state index contributed by atoms with van der Waals surface area (Å²) >= 11 is 1.39. The van der Waals surface area contributed by atoms with Crippen LogP contribution in [0.2, 0.25) is 0 Å². The van der Waals surface area contributed by atoms with Gasteiger partial charge in [-0.3, -0.25) is 4.79 Å². The largest absolute Gasteiger partial charge is 0.478 e. The summed E-state index contributed by atoms with van der Waals surface area (Å²) in [5, 5.41) is 13.3. The van der Waals surface area contributed by atoms with Crippen LogP contribution in [0.4, 0.5) is 5.69 Å². The number of anilines is 1.